The van der Waals surface area contributed by atoms with Crippen LogP contribution in [0.5, 0.6) is 0 Å². The van der Waals surface area contributed by atoms with Crippen molar-refractivity contribution in [3.8, 4) is 0 Å². The van der Waals surface area contributed by atoms with Crippen LogP contribution in [0, 0.1) is 5.92 Å². The summed E-state index contributed by atoms with van der Waals surface area (Å²) in [5.74, 6) is -0.736. The molecule has 1 rings (SSSR count). The second kappa shape index (κ2) is 9.13. The summed E-state index contributed by atoms with van der Waals surface area (Å²) >= 11 is 0. The lowest BCUT2D eigenvalue weighted by atomic mass is 9.78. The molecule has 0 bridgehead atoms. The van der Waals surface area contributed by atoms with Gasteiger partial charge in [0.1, 0.15) is 5.60 Å². The number of amides is 1. The standard InChI is InChI=1S/C17H31N3O4/c1-12-13(15(22)14(12)21)18-8-6-10-20(5)11-7-9-19-16(23)24-17(2,3)4/h12-13,18H,6-11H2,1-5H3,(H,19,23). The van der Waals surface area contributed by atoms with Crippen LogP contribution < -0.4 is 10.6 Å². The first-order valence-corrected chi connectivity index (χ1v) is 8.58. The molecule has 1 aliphatic rings. The molecule has 0 radical (unpaired) electrons. The minimum absolute atomic E-state index is 0.186. The number of ketones is 2. The molecule has 2 N–H and O–H groups in total. The van der Waals surface area contributed by atoms with Crippen LogP contribution in [-0.2, 0) is 14.3 Å². The average Bonchev–Trinajstić information content (AvgIpc) is 2.48. The third kappa shape index (κ3) is 6.97. The summed E-state index contributed by atoms with van der Waals surface area (Å²) in [7, 11) is 2.02. The molecule has 1 saturated carbocycles. The summed E-state index contributed by atoms with van der Waals surface area (Å²) in [5, 5.41) is 5.87. The molecule has 1 amide bonds. The highest BCUT2D eigenvalue weighted by Gasteiger charge is 2.45. The van der Waals surface area contributed by atoms with Gasteiger partial charge in [-0.1, -0.05) is 6.92 Å². The van der Waals surface area contributed by atoms with Crippen molar-refractivity contribution in [2.45, 2.75) is 52.2 Å². The van der Waals surface area contributed by atoms with Gasteiger partial charge in [-0.3, -0.25) is 9.59 Å². The van der Waals surface area contributed by atoms with Crippen LogP contribution in [-0.4, -0.2) is 67.4 Å². The molecule has 0 aromatic rings. The van der Waals surface area contributed by atoms with Crippen molar-refractivity contribution in [1.29, 1.82) is 0 Å². The van der Waals surface area contributed by atoms with Gasteiger partial charge in [-0.05, 0) is 60.3 Å². The Balaban J connectivity index is 2.01. The molecule has 0 spiro atoms. The molecular weight excluding hydrogens is 310 g/mol. The number of Topliss-reactive ketones (excluding diaryl/α,β-unsaturated/α-hetero) is 2. The molecule has 0 aromatic heterocycles. The summed E-state index contributed by atoms with van der Waals surface area (Å²) in [6, 6.07) is -0.291. The van der Waals surface area contributed by atoms with Crippen LogP contribution in [0.15, 0.2) is 0 Å². The fourth-order valence-electron chi connectivity index (χ4n) is 2.50. The number of rotatable bonds is 9. The van der Waals surface area contributed by atoms with Crippen molar-refractivity contribution < 1.29 is 19.1 Å². The summed E-state index contributed by atoms with van der Waals surface area (Å²) in [6.45, 7) is 10.3. The summed E-state index contributed by atoms with van der Waals surface area (Å²) in [6.07, 6.45) is 1.36. The molecule has 138 valence electrons. The summed E-state index contributed by atoms with van der Waals surface area (Å²) in [5.41, 5.74) is -0.474. The number of nitrogens with one attached hydrogen (secondary N) is 2. The highest BCUT2D eigenvalue weighted by atomic mass is 16.6. The number of carbonyl (C=O) groups excluding carboxylic acids is 3. The molecule has 7 nitrogen and oxygen atoms in total. The molecule has 1 aliphatic carbocycles. The molecule has 24 heavy (non-hydrogen) atoms. The fourth-order valence-corrected chi connectivity index (χ4v) is 2.50. The van der Waals surface area contributed by atoms with Gasteiger partial charge in [0.25, 0.3) is 0 Å². The predicted octanol–water partition coefficient (Wildman–Crippen LogP) is 0.969. The zero-order valence-electron chi connectivity index (χ0n) is 15.5. The Morgan fingerprint density at radius 2 is 1.71 bits per heavy atom. The SMILES string of the molecule is CC1C(=O)C(=O)C1NCCCN(C)CCCNC(=O)OC(C)(C)C. The number of ether oxygens (including phenoxy) is 1. The molecule has 2 atom stereocenters. The lowest BCUT2D eigenvalue weighted by Gasteiger charge is -2.31. The molecule has 0 saturated heterocycles. The van der Waals surface area contributed by atoms with Gasteiger partial charge in [-0.2, -0.15) is 0 Å². The van der Waals surface area contributed by atoms with Gasteiger partial charge in [0.05, 0.1) is 6.04 Å². The highest BCUT2D eigenvalue weighted by molar-refractivity contribution is 6.47. The Bertz CT molecular complexity index is 459. The highest BCUT2D eigenvalue weighted by Crippen LogP contribution is 2.18. The van der Waals surface area contributed by atoms with Crippen LogP contribution in [0.1, 0.15) is 40.5 Å². The van der Waals surface area contributed by atoms with E-state index in [9.17, 15) is 14.4 Å². The maximum Gasteiger partial charge on any atom is 0.407 e. The lowest BCUT2D eigenvalue weighted by molar-refractivity contribution is -0.149. The van der Waals surface area contributed by atoms with E-state index >= 15 is 0 Å². The number of hydrogen-bond donors (Lipinski definition) is 2. The Kier molecular flexibility index (Phi) is 7.83. The van der Waals surface area contributed by atoms with Crippen molar-refractivity contribution in [1.82, 2.24) is 15.5 Å². The van der Waals surface area contributed by atoms with Crippen molar-refractivity contribution in [3.63, 3.8) is 0 Å². The summed E-state index contributed by atoms with van der Waals surface area (Å²) < 4.78 is 5.16. The Labute approximate surface area is 144 Å². The van der Waals surface area contributed by atoms with E-state index in [1.807, 2.05) is 27.8 Å². The molecule has 1 fully saturated rings. The van der Waals surface area contributed by atoms with E-state index in [0.717, 1.165) is 25.9 Å². The number of carbonyl (C=O) groups is 3. The van der Waals surface area contributed by atoms with E-state index in [-0.39, 0.29) is 29.6 Å². The smallest absolute Gasteiger partial charge is 0.407 e. The monoisotopic (exact) mass is 341 g/mol. The van der Waals surface area contributed by atoms with Crippen molar-refractivity contribution in [2.24, 2.45) is 5.92 Å². The lowest BCUT2D eigenvalue weighted by Crippen LogP contribution is -2.59. The normalized spacial score (nSPS) is 20.9. The van der Waals surface area contributed by atoms with E-state index < -0.39 is 5.60 Å². The van der Waals surface area contributed by atoms with Crippen molar-refractivity contribution >= 4 is 17.7 Å². The van der Waals surface area contributed by atoms with E-state index in [0.29, 0.717) is 13.1 Å². The van der Waals surface area contributed by atoms with Gasteiger partial charge >= 0.3 is 6.09 Å². The fraction of sp³-hybridized carbons (Fsp3) is 0.824. The first-order valence-electron chi connectivity index (χ1n) is 8.58. The van der Waals surface area contributed by atoms with E-state index in [1.165, 1.54) is 0 Å². The average molecular weight is 341 g/mol. The zero-order valence-corrected chi connectivity index (χ0v) is 15.5. The molecular formula is C17H31N3O4. The van der Waals surface area contributed by atoms with Gasteiger partial charge in [-0.15, -0.1) is 0 Å². The molecule has 7 heteroatoms. The van der Waals surface area contributed by atoms with Crippen LogP contribution in [0.25, 0.3) is 0 Å². The minimum atomic E-state index is -0.474. The Morgan fingerprint density at radius 1 is 1.12 bits per heavy atom. The van der Waals surface area contributed by atoms with Crippen LogP contribution in [0.4, 0.5) is 4.79 Å². The number of nitrogens with zero attached hydrogens (tertiary/aromatic N) is 1. The minimum Gasteiger partial charge on any atom is -0.444 e. The van der Waals surface area contributed by atoms with Crippen LogP contribution in [0.2, 0.25) is 0 Å². The van der Waals surface area contributed by atoms with Crippen molar-refractivity contribution in [2.75, 3.05) is 33.2 Å². The van der Waals surface area contributed by atoms with Gasteiger partial charge in [0.2, 0.25) is 11.6 Å². The Hall–Kier alpha value is -1.47. The first-order chi connectivity index (χ1) is 11.1. The first kappa shape index (κ1) is 20.6. The van der Waals surface area contributed by atoms with Crippen LogP contribution >= 0.6 is 0 Å². The van der Waals surface area contributed by atoms with Gasteiger partial charge < -0.3 is 20.3 Å². The number of alkyl carbamates (subject to hydrolysis) is 1. The third-order valence-electron chi connectivity index (χ3n) is 3.90. The van der Waals surface area contributed by atoms with Gasteiger partial charge in [-0.25, -0.2) is 4.79 Å². The Morgan fingerprint density at radius 3 is 2.25 bits per heavy atom. The molecule has 0 aliphatic heterocycles. The molecule has 0 heterocycles. The quantitative estimate of drug-likeness (QED) is 0.480. The second-order valence-corrected chi connectivity index (χ2v) is 7.39. The second-order valence-electron chi connectivity index (χ2n) is 7.39. The largest absolute Gasteiger partial charge is 0.444 e. The van der Waals surface area contributed by atoms with Gasteiger partial charge in [0.15, 0.2) is 0 Å². The molecule has 0 aromatic carbocycles. The topological polar surface area (TPSA) is 87.7 Å². The molecule has 2 unspecified atom stereocenters. The maximum atomic E-state index is 11.5. The van der Waals surface area contributed by atoms with Crippen LogP contribution in [0.3, 0.4) is 0 Å². The van der Waals surface area contributed by atoms with E-state index in [2.05, 4.69) is 15.5 Å². The maximum absolute atomic E-state index is 11.5. The number of hydrogen-bond acceptors (Lipinski definition) is 6. The van der Waals surface area contributed by atoms with E-state index in [1.54, 1.807) is 6.92 Å². The van der Waals surface area contributed by atoms with Crippen molar-refractivity contribution in [3.05, 3.63) is 0 Å². The predicted molar refractivity (Wildman–Crippen MR) is 91.9 cm³/mol. The van der Waals surface area contributed by atoms with Gasteiger partial charge in [0, 0.05) is 12.5 Å². The van der Waals surface area contributed by atoms with E-state index in [4.69, 9.17) is 4.74 Å². The zero-order chi connectivity index (χ0) is 18.3. The summed E-state index contributed by atoms with van der Waals surface area (Å²) in [4.78, 5) is 36.2. The third-order valence-corrected chi connectivity index (χ3v) is 3.90.